The number of fused-ring (bicyclic) bond motifs is 9. The van der Waals surface area contributed by atoms with E-state index >= 15 is 0 Å². The number of halogens is 1. The Balaban J connectivity index is 0.000000158. The summed E-state index contributed by atoms with van der Waals surface area (Å²) in [5.74, 6) is -3.88. The summed E-state index contributed by atoms with van der Waals surface area (Å²) in [6.07, 6.45) is 1.76. The molecule has 0 spiro atoms. The van der Waals surface area contributed by atoms with Crippen LogP contribution in [0.4, 0.5) is 0 Å². The van der Waals surface area contributed by atoms with Crippen molar-refractivity contribution in [2.75, 3.05) is 28.2 Å². The third kappa shape index (κ3) is 11.4. The number of carbonyl (C=O) groups excluding carboxylic acids is 6. The van der Waals surface area contributed by atoms with Crippen molar-refractivity contribution < 1.29 is 88.7 Å². The first-order valence-electron chi connectivity index (χ1n) is 24.2. The third-order valence-electron chi connectivity index (χ3n) is 13.9. The van der Waals surface area contributed by atoms with E-state index in [4.69, 9.17) is 24.3 Å². The second-order valence-corrected chi connectivity index (χ2v) is 26.1. The van der Waals surface area contributed by atoms with E-state index in [-0.39, 0.29) is 80.2 Å². The Morgan fingerprint density at radius 2 is 0.741 bits per heavy atom. The minimum absolute atomic E-state index is 0. The van der Waals surface area contributed by atoms with Gasteiger partial charge in [0.05, 0.1) is 48.6 Å². The smallest absolute Gasteiger partial charge is 0.261 e. The molecule has 81 heavy (non-hydrogen) atoms. The zero-order chi connectivity index (χ0) is 56.5. The van der Waals surface area contributed by atoms with Crippen molar-refractivity contribution in [3.63, 3.8) is 0 Å². The van der Waals surface area contributed by atoms with Gasteiger partial charge in [-0.1, -0.05) is 51.9 Å². The molecule has 12 rings (SSSR count). The molecule has 0 saturated carbocycles. The fraction of sp³-hybridized carbons (Fsp3) is 0.245. The Morgan fingerprint density at radius 3 is 1.01 bits per heavy atom. The molecule has 9 aromatic rings. The molecule has 3 aliphatic heterocycles. The number of benzene rings is 6. The number of nitrogens with one attached hydrogen (secondary N) is 3. The van der Waals surface area contributed by atoms with E-state index in [0.29, 0.717) is 90.8 Å². The summed E-state index contributed by atoms with van der Waals surface area (Å²) < 4.78 is 91.0. The quantitative estimate of drug-likeness (QED) is 0.0844. The van der Waals surface area contributed by atoms with Crippen LogP contribution in [0, 0.1) is 7.43 Å². The van der Waals surface area contributed by atoms with Gasteiger partial charge in [0.1, 0.15) is 17.1 Å². The fourth-order valence-corrected chi connectivity index (χ4v) is 12.4. The van der Waals surface area contributed by atoms with Crippen LogP contribution >= 0.6 is 10.7 Å². The molecule has 23 nitrogen and oxygen atoms in total. The molecule has 3 N–H and O–H groups in total. The van der Waals surface area contributed by atoms with Crippen LogP contribution in [0.3, 0.4) is 0 Å². The summed E-state index contributed by atoms with van der Waals surface area (Å²) >= 11 is 0. The van der Waals surface area contributed by atoms with Gasteiger partial charge in [-0.25, -0.2) is 33.9 Å². The molecular weight excluding hydrogens is 1300 g/mol. The Morgan fingerprint density at radius 1 is 0.457 bits per heavy atom. The van der Waals surface area contributed by atoms with Crippen LogP contribution in [0.25, 0.3) is 65.2 Å². The number of rotatable bonds is 8. The van der Waals surface area contributed by atoms with Gasteiger partial charge in [0, 0.05) is 79.2 Å². The number of sulfonamides is 2. The molecule has 3 atom stereocenters. The number of hydrogen-bond acceptors (Lipinski definition) is 18. The molecule has 0 bridgehead atoms. The molecule has 6 heterocycles. The van der Waals surface area contributed by atoms with E-state index in [2.05, 4.69) is 31.4 Å². The molecule has 3 aromatic heterocycles. The second kappa shape index (κ2) is 22.9. The standard InChI is InChI=1S/2C18H17N3O5S.C16H11ClN2O5S.CH3.W/c2*1-21(2)27(24,25)11-4-5-12-10(9-11)3-7-14-16(12)17(20-26-14)13-6-8-15(22)19-18(13)23;17-25(22,23)9-2-3-10-8(7-9)1-5-12-14(10)15(19-24-12)11-4-6-13(20)18-16(11)21;;/h2*3-5,7,9,13H,6,8H2,1-2H3,(H,19,22,23);1-3,5,7,11H,4,6H2,(H,18,20,21);1H3;/q;;;-1;. The fourth-order valence-electron chi connectivity index (χ4n) is 9.79. The first-order chi connectivity index (χ1) is 37.4. The van der Waals surface area contributed by atoms with Crippen molar-refractivity contribution in [2.45, 2.75) is 71.0 Å². The molecular formula is C53H48ClN8O15S3W-. The molecule has 3 aliphatic rings. The summed E-state index contributed by atoms with van der Waals surface area (Å²) in [5, 5.41) is 25.3. The Labute approximate surface area is 480 Å². The molecule has 422 valence electrons. The van der Waals surface area contributed by atoms with Crippen LogP contribution in [0.1, 0.15) is 73.4 Å². The number of imide groups is 3. The van der Waals surface area contributed by atoms with Crippen molar-refractivity contribution in [2.24, 2.45) is 0 Å². The van der Waals surface area contributed by atoms with Gasteiger partial charge in [-0.3, -0.25) is 44.7 Å². The number of aromatic nitrogens is 3. The predicted octanol–water partition coefficient (Wildman–Crippen LogP) is 6.38. The van der Waals surface area contributed by atoms with Gasteiger partial charge in [-0.2, -0.15) is 0 Å². The van der Waals surface area contributed by atoms with Crippen molar-refractivity contribution >= 4 is 140 Å². The van der Waals surface area contributed by atoms with Crippen LogP contribution in [0.2, 0.25) is 0 Å². The monoisotopic (exact) mass is 1350 g/mol. The van der Waals surface area contributed by atoms with Crippen LogP contribution in [0.15, 0.2) is 119 Å². The molecule has 0 radical (unpaired) electrons. The average molecular weight is 1350 g/mol. The van der Waals surface area contributed by atoms with Crippen molar-refractivity contribution in [3.05, 3.63) is 116 Å². The van der Waals surface area contributed by atoms with E-state index in [1.165, 1.54) is 52.5 Å². The van der Waals surface area contributed by atoms with Crippen LogP contribution in [0.5, 0.6) is 0 Å². The van der Waals surface area contributed by atoms with Gasteiger partial charge in [0.2, 0.25) is 55.5 Å². The van der Waals surface area contributed by atoms with Crippen molar-refractivity contribution in [3.8, 4) is 0 Å². The molecule has 3 saturated heterocycles. The minimum atomic E-state index is -3.85. The maximum atomic E-state index is 12.4. The zero-order valence-electron chi connectivity index (χ0n) is 43.5. The SMILES string of the molecule is CN(C)S(=O)(=O)c1ccc2c(ccc3onc(C4CCC(=O)NC4=O)c32)c1.CN(C)S(=O)(=O)c1ccc2c(ccc3onc(C4CCC(=O)NC4=O)c32)c1.O=C1CCC(c2noc3ccc4cc(S(=O)(=O)Cl)ccc4c23)C(=O)N1.[CH3-].[W]. The van der Waals surface area contributed by atoms with Gasteiger partial charge < -0.3 is 21.0 Å². The summed E-state index contributed by atoms with van der Waals surface area (Å²) in [4.78, 5) is 71.2. The summed E-state index contributed by atoms with van der Waals surface area (Å²) in [7, 11) is 0.332. The normalized spacial score (nSPS) is 18.0. The van der Waals surface area contributed by atoms with Gasteiger partial charge in [0.25, 0.3) is 9.05 Å². The van der Waals surface area contributed by atoms with Crippen molar-refractivity contribution in [1.29, 1.82) is 0 Å². The van der Waals surface area contributed by atoms with Crippen LogP contribution in [-0.4, -0.2) is 113 Å². The van der Waals surface area contributed by atoms with E-state index in [9.17, 15) is 54.0 Å². The summed E-state index contributed by atoms with van der Waals surface area (Å²) in [6.45, 7) is 0. The van der Waals surface area contributed by atoms with E-state index in [1.54, 1.807) is 66.7 Å². The Kier molecular flexibility index (Phi) is 16.9. The van der Waals surface area contributed by atoms with E-state index in [0.717, 1.165) is 19.4 Å². The number of amides is 6. The van der Waals surface area contributed by atoms with E-state index in [1.807, 2.05) is 0 Å². The van der Waals surface area contributed by atoms with Gasteiger partial charge in [-0.15, -0.1) is 0 Å². The third-order valence-corrected chi connectivity index (χ3v) is 18.9. The van der Waals surface area contributed by atoms with E-state index < -0.39 is 64.6 Å². The molecule has 0 aliphatic carbocycles. The number of piperidine rings is 3. The minimum Gasteiger partial charge on any atom is -0.358 e. The van der Waals surface area contributed by atoms with Crippen LogP contribution < -0.4 is 16.0 Å². The number of nitrogens with zero attached hydrogens (tertiary/aromatic N) is 5. The first kappa shape index (κ1) is 59.8. The molecule has 3 fully saturated rings. The second-order valence-electron chi connectivity index (χ2n) is 19.2. The Bertz CT molecular complexity index is 4260. The molecule has 6 aromatic carbocycles. The topological polar surface area (TPSA) is 325 Å². The predicted molar refractivity (Wildman–Crippen MR) is 291 cm³/mol. The number of hydrogen-bond donors (Lipinski definition) is 3. The number of carbonyl (C=O) groups is 6. The van der Waals surface area contributed by atoms with Gasteiger partial charge in [-0.05, 0) is 106 Å². The van der Waals surface area contributed by atoms with Crippen molar-refractivity contribution in [1.82, 2.24) is 40.0 Å². The maximum Gasteiger partial charge on any atom is 0.261 e. The summed E-state index contributed by atoms with van der Waals surface area (Å²) in [5.41, 5.74) is 2.85. The molecule has 6 amide bonds. The van der Waals surface area contributed by atoms with Crippen LogP contribution in [-0.2, 0) is 78.9 Å². The largest absolute Gasteiger partial charge is 0.358 e. The zero-order valence-corrected chi connectivity index (χ0v) is 49.6. The van der Waals surface area contributed by atoms with Gasteiger partial charge >= 0.3 is 0 Å². The maximum absolute atomic E-state index is 12.4. The Hall–Kier alpha value is -7.32. The first-order valence-corrected chi connectivity index (χ1v) is 29.4. The molecule has 28 heteroatoms. The van der Waals surface area contributed by atoms with Gasteiger partial charge in [0.15, 0.2) is 16.7 Å². The average Bonchev–Trinajstić information content (AvgIpc) is 4.21. The summed E-state index contributed by atoms with van der Waals surface area (Å²) in [6, 6.07) is 24.3. The molecule has 3 unspecified atom stereocenters.